The first kappa shape index (κ1) is 16.8. The van der Waals surface area contributed by atoms with Crippen LogP contribution in [0.3, 0.4) is 0 Å². The number of benzene rings is 2. The molecule has 2 aromatic rings. The van der Waals surface area contributed by atoms with Gasteiger partial charge in [0.15, 0.2) is 0 Å². The molecule has 1 aliphatic rings. The maximum absolute atomic E-state index is 12.1. The molecule has 1 heterocycles. The van der Waals surface area contributed by atoms with E-state index in [1.807, 2.05) is 18.2 Å². The van der Waals surface area contributed by atoms with Gasteiger partial charge in [0.25, 0.3) is 0 Å². The number of urea groups is 1. The van der Waals surface area contributed by atoms with Crippen molar-refractivity contribution < 1.29 is 4.79 Å². The van der Waals surface area contributed by atoms with Gasteiger partial charge in [-0.05, 0) is 36.6 Å². The normalized spacial score (nSPS) is 15.9. The van der Waals surface area contributed by atoms with Crippen LogP contribution in [0.5, 0.6) is 0 Å². The van der Waals surface area contributed by atoms with Gasteiger partial charge in [-0.3, -0.25) is 4.90 Å². The standard InChI is InChI=1S/C19H22ClN3O/c20-16-7-4-8-18(13-16)22-19(24)21-17-9-11-23(12-10-17)14-15-5-2-1-3-6-15/h1-8,13,17H,9-12,14H2,(H2,21,22,24). The average molecular weight is 344 g/mol. The second-order valence-corrected chi connectivity index (χ2v) is 6.58. The number of hydrogen-bond donors (Lipinski definition) is 2. The Kier molecular flexibility index (Phi) is 5.72. The third-order valence-electron chi connectivity index (χ3n) is 4.25. The molecule has 2 N–H and O–H groups in total. The highest BCUT2D eigenvalue weighted by Crippen LogP contribution is 2.16. The van der Waals surface area contributed by atoms with Crippen molar-refractivity contribution in [1.82, 2.24) is 10.2 Å². The largest absolute Gasteiger partial charge is 0.335 e. The number of nitrogens with one attached hydrogen (secondary N) is 2. The molecule has 5 heteroatoms. The number of nitrogens with zero attached hydrogens (tertiary/aromatic N) is 1. The topological polar surface area (TPSA) is 44.4 Å². The smallest absolute Gasteiger partial charge is 0.319 e. The molecule has 1 saturated heterocycles. The molecule has 24 heavy (non-hydrogen) atoms. The van der Waals surface area contributed by atoms with Gasteiger partial charge in [0, 0.05) is 36.4 Å². The van der Waals surface area contributed by atoms with Crippen LogP contribution in [-0.2, 0) is 6.54 Å². The van der Waals surface area contributed by atoms with Crippen molar-refractivity contribution in [3.05, 3.63) is 65.2 Å². The molecule has 4 nitrogen and oxygen atoms in total. The Morgan fingerprint density at radius 1 is 1.08 bits per heavy atom. The van der Waals surface area contributed by atoms with E-state index in [0.29, 0.717) is 10.7 Å². The van der Waals surface area contributed by atoms with Crippen LogP contribution in [0.1, 0.15) is 18.4 Å². The summed E-state index contributed by atoms with van der Waals surface area (Å²) < 4.78 is 0. The van der Waals surface area contributed by atoms with Crippen molar-refractivity contribution in [2.45, 2.75) is 25.4 Å². The Bertz CT molecular complexity index is 669. The molecule has 0 radical (unpaired) electrons. The summed E-state index contributed by atoms with van der Waals surface area (Å²) in [5, 5.41) is 6.50. The van der Waals surface area contributed by atoms with E-state index in [1.54, 1.807) is 12.1 Å². The molecule has 0 aromatic heterocycles. The molecule has 3 rings (SSSR count). The SMILES string of the molecule is O=C(Nc1cccc(Cl)c1)NC1CCN(Cc2ccccc2)CC1. The Hall–Kier alpha value is -2.04. The van der Waals surface area contributed by atoms with Gasteiger partial charge < -0.3 is 10.6 Å². The van der Waals surface area contributed by atoms with E-state index in [0.717, 1.165) is 32.5 Å². The Morgan fingerprint density at radius 3 is 2.54 bits per heavy atom. The van der Waals surface area contributed by atoms with Crippen LogP contribution in [0.15, 0.2) is 54.6 Å². The summed E-state index contributed by atoms with van der Waals surface area (Å²) in [5.74, 6) is 0. The van der Waals surface area contributed by atoms with Crippen molar-refractivity contribution >= 4 is 23.3 Å². The summed E-state index contributed by atoms with van der Waals surface area (Å²) in [6.45, 7) is 2.97. The lowest BCUT2D eigenvalue weighted by Gasteiger charge is -2.32. The molecule has 0 bridgehead atoms. The average Bonchev–Trinajstić information content (AvgIpc) is 2.57. The number of piperidine rings is 1. The highest BCUT2D eigenvalue weighted by atomic mass is 35.5. The number of carbonyl (C=O) groups is 1. The molecule has 1 fully saturated rings. The highest BCUT2D eigenvalue weighted by molar-refractivity contribution is 6.30. The van der Waals surface area contributed by atoms with E-state index in [1.165, 1.54) is 5.56 Å². The second kappa shape index (κ2) is 8.18. The van der Waals surface area contributed by atoms with Gasteiger partial charge in [-0.1, -0.05) is 48.0 Å². The first-order valence-electron chi connectivity index (χ1n) is 8.28. The molecule has 0 unspecified atom stereocenters. The third-order valence-corrected chi connectivity index (χ3v) is 4.49. The van der Waals surface area contributed by atoms with E-state index >= 15 is 0 Å². The molecule has 126 valence electrons. The van der Waals surface area contributed by atoms with E-state index < -0.39 is 0 Å². The molecule has 0 saturated carbocycles. The monoisotopic (exact) mass is 343 g/mol. The maximum atomic E-state index is 12.1. The molecule has 1 aliphatic heterocycles. The Morgan fingerprint density at radius 2 is 1.83 bits per heavy atom. The number of likely N-dealkylation sites (tertiary alicyclic amines) is 1. The van der Waals surface area contributed by atoms with Gasteiger partial charge in [-0.25, -0.2) is 4.79 Å². The lowest BCUT2D eigenvalue weighted by atomic mass is 10.0. The molecule has 0 spiro atoms. The lowest BCUT2D eigenvalue weighted by Crippen LogP contribution is -2.45. The van der Waals surface area contributed by atoms with Crippen molar-refractivity contribution in [3.8, 4) is 0 Å². The fourth-order valence-corrected chi connectivity index (χ4v) is 3.19. The highest BCUT2D eigenvalue weighted by Gasteiger charge is 2.20. The number of amides is 2. The summed E-state index contributed by atoms with van der Waals surface area (Å²) in [4.78, 5) is 14.5. The maximum Gasteiger partial charge on any atom is 0.319 e. The number of halogens is 1. The van der Waals surface area contributed by atoms with Crippen LogP contribution in [0.4, 0.5) is 10.5 Å². The Labute approximate surface area is 147 Å². The minimum Gasteiger partial charge on any atom is -0.335 e. The van der Waals surface area contributed by atoms with Crippen molar-refractivity contribution in [3.63, 3.8) is 0 Å². The van der Waals surface area contributed by atoms with Gasteiger partial charge >= 0.3 is 6.03 Å². The molecular formula is C19H22ClN3O. The first-order chi connectivity index (χ1) is 11.7. The fraction of sp³-hybridized carbons (Fsp3) is 0.316. The van der Waals surface area contributed by atoms with Crippen molar-refractivity contribution in [2.75, 3.05) is 18.4 Å². The number of rotatable bonds is 4. The van der Waals surface area contributed by atoms with Crippen LogP contribution in [0.25, 0.3) is 0 Å². The van der Waals surface area contributed by atoms with Crippen LogP contribution < -0.4 is 10.6 Å². The molecule has 0 aliphatic carbocycles. The van der Waals surface area contributed by atoms with Gasteiger partial charge in [0.2, 0.25) is 0 Å². The van der Waals surface area contributed by atoms with Crippen LogP contribution in [0.2, 0.25) is 5.02 Å². The van der Waals surface area contributed by atoms with Crippen LogP contribution in [0, 0.1) is 0 Å². The minimum absolute atomic E-state index is 0.168. The van der Waals surface area contributed by atoms with E-state index in [2.05, 4.69) is 39.8 Å². The summed E-state index contributed by atoms with van der Waals surface area (Å²) in [6.07, 6.45) is 1.94. The lowest BCUT2D eigenvalue weighted by molar-refractivity contribution is 0.190. The summed E-state index contributed by atoms with van der Waals surface area (Å²) in [6, 6.07) is 17.7. The molecular weight excluding hydrogens is 322 g/mol. The van der Waals surface area contributed by atoms with Gasteiger partial charge in [0.1, 0.15) is 0 Å². The van der Waals surface area contributed by atoms with Crippen molar-refractivity contribution in [1.29, 1.82) is 0 Å². The first-order valence-corrected chi connectivity index (χ1v) is 8.66. The Balaban J connectivity index is 1.42. The summed E-state index contributed by atoms with van der Waals surface area (Å²) in [5.41, 5.74) is 2.05. The summed E-state index contributed by atoms with van der Waals surface area (Å²) in [7, 11) is 0. The predicted octanol–water partition coefficient (Wildman–Crippen LogP) is 4.13. The molecule has 2 amide bonds. The van der Waals surface area contributed by atoms with Gasteiger partial charge in [0.05, 0.1) is 0 Å². The zero-order valence-corrected chi connectivity index (χ0v) is 14.3. The zero-order valence-electron chi connectivity index (χ0n) is 13.5. The third kappa shape index (κ3) is 4.98. The predicted molar refractivity (Wildman–Crippen MR) is 98.3 cm³/mol. The minimum atomic E-state index is -0.168. The van der Waals surface area contributed by atoms with Crippen molar-refractivity contribution in [2.24, 2.45) is 0 Å². The number of anilines is 1. The van der Waals surface area contributed by atoms with E-state index in [-0.39, 0.29) is 12.1 Å². The number of hydrogen-bond acceptors (Lipinski definition) is 2. The van der Waals surface area contributed by atoms with Gasteiger partial charge in [-0.2, -0.15) is 0 Å². The zero-order chi connectivity index (χ0) is 16.8. The summed E-state index contributed by atoms with van der Waals surface area (Å²) >= 11 is 5.93. The molecule has 0 atom stereocenters. The van der Waals surface area contributed by atoms with Crippen LogP contribution >= 0.6 is 11.6 Å². The second-order valence-electron chi connectivity index (χ2n) is 6.14. The number of carbonyl (C=O) groups excluding carboxylic acids is 1. The van der Waals surface area contributed by atoms with E-state index in [4.69, 9.17) is 11.6 Å². The van der Waals surface area contributed by atoms with E-state index in [9.17, 15) is 4.79 Å². The quantitative estimate of drug-likeness (QED) is 0.876. The molecule has 2 aromatic carbocycles. The van der Waals surface area contributed by atoms with Crippen LogP contribution in [-0.4, -0.2) is 30.1 Å². The fourth-order valence-electron chi connectivity index (χ4n) is 3.00. The van der Waals surface area contributed by atoms with Gasteiger partial charge in [-0.15, -0.1) is 0 Å².